The van der Waals surface area contributed by atoms with Gasteiger partial charge in [0.2, 0.25) is 0 Å². The molecule has 3 nitrogen and oxygen atoms in total. The molecule has 0 aliphatic heterocycles. The van der Waals surface area contributed by atoms with Gasteiger partial charge >= 0.3 is 0 Å². The number of para-hydroxylation sites is 1. The minimum Gasteiger partial charge on any atom is -0.456 e. The monoisotopic (exact) mass is 281 g/mol. The number of anilines is 1. The van der Waals surface area contributed by atoms with Crippen LogP contribution in [0.1, 0.15) is 47.9 Å². The molecule has 3 unspecified atom stereocenters. The Morgan fingerprint density at radius 2 is 1.90 bits per heavy atom. The van der Waals surface area contributed by atoms with Crippen molar-refractivity contribution < 1.29 is 9.21 Å². The van der Waals surface area contributed by atoms with Crippen LogP contribution in [-0.2, 0) is 0 Å². The summed E-state index contributed by atoms with van der Waals surface area (Å²) >= 11 is 0. The van der Waals surface area contributed by atoms with E-state index in [1.165, 1.54) is 25.7 Å². The third-order valence-electron chi connectivity index (χ3n) is 4.99. The van der Waals surface area contributed by atoms with Gasteiger partial charge in [-0.15, -0.1) is 0 Å². The second-order valence-electron chi connectivity index (χ2n) is 6.30. The highest BCUT2D eigenvalue weighted by Crippen LogP contribution is 2.53. The lowest BCUT2D eigenvalue weighted by atomic mass is 9.87. The van der Waals surface area contributed by atoms with Gasteiger partial charge in [-0.2, -0.15) is 0 Å². The van der Waals surface area contributed by atoms with Crippen LogP contribution in [0.2, 0.25) is 0 Å². The number of carbonyl (C=O) groups excluding carboxylic acids is 1. The number of hydrogen-bond acceptors (Lipinski definition) is 2. The molecule has 2 saturated carbocycles. The summed E-state index contributed by atoms with van der Waals surface area (Å²) in [6, 6.07) is 13.3. The van der Waals surface area contributed by atoms with E-state index in [0.717, 1.165) is 23.3 Å². The van der Waals surface area contributed by atoms with Gasteiger partial charge in [-0.3, -0.25) is 4.79 Å². The molecule has 4 rings (SSSR count). The SMILES string of the molecule is O=C(Nc1ccccc1)c1ccc(C2CC3CCC2C3)o1. The fourth-order valence-electron chi connectivity index (χ4n) is 3.98. The molecular formula is C18H19NO2. The van der Waals surface area contributed by atoms with E-state index in [1.54, 1.807) is 6.07 Å². The third-order valence-corrected chi connectivity index (χ3v) is 4.99. The predicted octanol–water partition coefficient (Wildman–Crippen LogP) is 4.44. The average molecular weight is 281 g/mol. The summed E-state index contributed by atoms with van der Waals surface area (Å²) in [6.45, 7) is 0. The van der Waals surface area contributed by atoms with Gasteiger partial charge < -0.3 is 9.73 Å². The predicted molar refractivity (Wildman–Crippen MR) is 81.3 cm³/mol. The van der Waals surface area contributed by atoms with Crippen molar-refractivity contribution in [1.82, 2.24) is 0 Å². The first-order valence-electron chi connectivity index (χ1n) is 7.76. The molecule has 1 aromatic heterocycles. The van der Waals surface area contributed by atoms with E-state index >= 15 is 0 Å². The van der Waals surface area contributed by atoms with Gasteiger partial charge in [-0.05, 0) is 55.4 Å². The van der Waals surface area contributed by atoms with Gasteiger partial charge in [0.1, 0.15) is 5.76 Å². The topological polar surface area (TPSA) is 42.2 Å². The Bertz CT molecular complexity index is 646. The molecule has 21 heavy (non-hydrogen) atoms. The average Bonchev–Trinajstić information content (AvgIpc) is 3.24. The second-order valence-corrected chi connectivity index (χ2v) is 6.30. The van der Waals surface area contributed by atoms with Crippen molar-refractivity contribution in [2.75, 3.05) is 5.32 Å². The van der Waals surface area contributed by atoms with Crippen molar-refractivity contribution in [2.45, 2.75) is 31.6 Å². The van der Waals surface area contributed by atoms with Crippen LogP contribution in [-0.4, -0.2) is 5.91 Å². The molecule has 0 saturated heterocycles. The van der Waals surface area contributed by atoms with Gasteiger partial charge in [-0.1, -0.05) is 24.6 Å². The van der Waals surface area contributed by atoms with Crippen LogP contribution in [0.15, 0.2) is 46.9 Å². The molecule has 2 bridgehead atoms. The minimum absolute atomic E-state index is 0.171. The Hall–Kier alpha value is -2.03. The van der Waals surface area contributed by atoms with Crippen molar-refractivity contribution >= 4 is 11.6 Å². The second kappa shape index (κ2) is 5.06. The quantitative estimate of drug-likeness (QED) is 0.904. The lowest BCUT2D eigenvalue weighted by Gasteiger charge is -2.19. The lowest BCUT2D eigenvalue weighted by Crippen LogP contribution is -2.11. The minimum atomic E-state index is -0.171. The Balaban J connectivity index is 1.48. The molecule has 2 aliphatic rings. The van der Waals surface area contributed by atoms with E-state index in [9.17, 15) is 4.79 Å². The molecule has 2 fully saturated rings. The summed E-state index contributed by atoms with van der Waals surface area (Å²) in [7, 11) is 0. The highest BCUT2D eigenvalue weighted by atomic mass is 16.4. The fourth-order valence-corrected chi connectivity index (χ4v) is 3.98. The summed E-state index contributed by atoms with van der Waals surface area (Å²) < 4.78 is 5.84. The molecule has 1 heterocycles. The summed E-state index contributed by atoms with van der Waals surface area (Å²) in [4.78, 5) is 12.2. The van der Waals surface area contributed by atoms with E-state index in [4.69, 9.17) is 4.42 Å². The number of nitrogens with one attached hydrogen (secondary N) is 1. The van der Waals surface area contributed by atoms with Gasteiger partial charge in [0.15, 0.2) is 5.76 Å². The smallest absolute Gasteiger partial charge is 0.291 e. The molecular weight excluding hydrogens is 262 g/mol. The molecule has 0 radical (unpaired) electrons. The highest BCUT2D eigenvalue weighted by Gasteiger charge is 2.41. The van der Waals surface area contributed by atoms with Crippen molar-refractivity contribution in [3.05, 3.63) is 54.0 Å². The van der Waals surface area contributed by atoms with Crippen LogP contribution in [0.5, 0.6) is 0 Å². The van der Waals surface area contributed by atoms with E-state index in [-0.39, 0.29) is 5.91 Å². The first kappa shape index (κ1) is 12.7. The maximum absolute atomic E-state index is 12.2. The van der Waals surface area contributed by atoms with Crippen molar-refractivity contribution in [3.63, 3.8) is 0 Å². The van der Waals surface area contributed by atoms with E-state index in [1.807, 2.05) is 36.4 Å². The molecule has 1 N–H and O–H groups in total. The number of carbonyl (C=O) groups is 1. The van der Waals surface area contributed by atoms with Crippen molar-refractivity contribution in [3.8, 4) is 0 Å². The van der Waals surface area contributed by atoms with Crippen LogP contribution >= 0.6 is 0 Å². The van der Waals surface area contributed by atoms with Crippen LogP contribution in [0.4, 0.5) is 5.69 Å². The van der Waals surface area contributed by atoms with Crippen LogP contribution in [0, 0.1) is 11.8 Å². The Morgan fingerprint density at radius 1 is 1.05 bits per heavy atom. The van der Waals surface area contributed by atoms with Crippen LogP contribution < -0.4 is 5.32 Å². The van der Waals surface area contributed by atoms with E-state index < -0.39 is 0 Å². The summed E-state index contributed by atoms with van der Waals surface area (Å²) in [6.07, 6.45) is 5.28. The first-order valence-corrected chi connectivity index (χ1v) is 7.76. The molecule has 0 spiro atoms. The molecule has 2 aromatic rings. The lowest BCUT2D eigenvalue weighted by molar-refractivity contribution is 0.0993. The zero-order valence-corrected chi connectivity index (χ0v) is 11.9. The number of amides is 1. The number of hydrogen-bond donors (Lipinski definition) is 1. The van der Waals surface area contributed by atoms with Crippen LogP contribution in [0.3, 0.4) is 0 Å². The van der Waals surface area contributed by atoms with Gasteiger partial charge in [0, 0.05) is 11.6 Å². The highest BCUT2D eigenvalue weighted by molar-refractivity contribution is 6.02. The number of furan rings is 1. The van der Waals surface area contributed by atoms with Crippen LogP contribution in [0.25, 0.3) is 0 Å². The fraction of sp³-hybridized carbons (Fsp3) is 0.389. The summed E-state index contributed by atoms with van der Waals surface area (Å²) in [5.74, 6) is 3.42. The number of rotatable bonds is 3. The summed E-state index contributed by atoms with van der Waals surface area (Å²) in [5.41, 5.74) is 0.792. The maximum Gasteiger partial charge on any atom is 0.291 e. The zero-order chi connectivity index (χ0) is 14.2. The molecule has 2 aliphatic carbocycles. The molecule has 1 aromatic carbocycles. The molecule has 3 atom stereocenters. The van der Waals surface area contributed by atoms with Gasteiger partial charge in [0.25, 0.3) is 5.91 Å². The number of benzene rings is 1. The number of fused-ring (bicyclic) bond motifs is 2. The Morgan fingerprint density at radius 3 is 2.62 bits per heavy atom. The molecule has 1 amide bonds. The maximum atomic E-state index is 12.2. The Labute approximate surface area is 124 Å². The molecule has 3 heteroatoms. The Kier molecular flexibility index (Phi) is 3.06. The normalized spacial score (nSPS) is 27.0. The third kappa shape index (κ3) is 2.37. The van der Waals surface area contributed by atoms with Crippen molar-refractivity contribution in [2.24, 2.45) is 11.8 Å². The van der Waals surface area contributed by atoms with Crippen molar-refractivity contribution in [1.29, 1.82) is 0 Å². The largest absolute Gasteiger partial charge is 0.456 e. The zero-order valence-electron chi connectivity index (χ0n) is 11.9. The summed E-state index contributed by atoms with van der Waals surface area (Å²) in [5, 5.41) is 2.86. The molecule has 108 valence electrons. The first-order chi connectivity index (χ1) is 10.3. The van der Waals surface area contributed by atoms with E-state index in [0.29, 0.717) is 11.7 Å². The van der Waals surface area contributed by atoms with Gasteiger partial charge in [0.05, 0.1) is 0 Å². The van der Waals surface area contributed by atoms with E-state index in [2.05, 4.69) is 5.32 Å². The standard InChI is InChI=1S/C18H19NO2/c20-18(19-14-4-2-1-3-5-14)17-9-8-16(21-17)15-11-12-6-7-13(15)10-12/h1-5,8-9,12-13,15H,6-7,10-11H2,(H,19,20). The van der Waals surface area contributed by atoms with Gasteiger partial charge in [-0.25, -0.2) is 0 Å².